The molecule has 0 aliphatic carbocycles. The first kappa shape index (κ1) is 21.6. The highest BCUT2D eigenvalue weighted by Gasteiger charge is 2.18. The Labute approximate surface area is 183 Å². The fourth-order valence-electron chi connectivity index (χ4n) is 3.06. The Hall–Kier alpha value is -1.74. The summed E-state index contributed by atoms with van der Waals surface area (Å²) in [6.45, 7) is 3.99. The van der Waals surface area contributed by atoms with Gasteiger partial charge in [0, 0.05) is 57.2 Å². The van der Waals surface area contributed by atoms with Crippen LogP contribution >= 0.6 is 35.6 Å². The number of piperazine rings is 1. The lowest BCUT2D eigenvalue weighted by Crippen LogP contribution is -2.51. The predicted molar refractivity (Wildman–Crippen MR) is 125 cm³/mol. The van der Waals surface area contributed by atoms with Crippen LogP contribution in [0.25, 0.3) is 0 Å². The first-order valence-corrected chi connectivity index (χ1v) is 9.09. The maximum atomic E-state index is 6.23. The molecule has 0 unspecified atom stereocenters. The molecule has 0 bridgehead atoms. The van der Waals surface area contributed by atoms with Gasteiger partial charge in [-0.05, 0) is 36.4 Å². The van der Waals surface area contributed by atoms with E-state index in [1.807, 2.05) is 43.3 Å². The third-order valence-electron chi connectivity index (χ3n) is 4.53. The van der Waals surface area contributed by atoms with Gasteiger partial charge in [0.05, 0.1) is 17.9 Å². The third kappa shape index (κ3) is 5.62. The molecule has 146 valence electrons. The Morgan fingerprint density at radius 1 is 1.15 bits per heavy atom. The van der Waals surface area contributed by atoms with E-state index in [1.165, 1.54) is 5.69 Å². The lowest BCUT2D eigenvalue weighted by molar-refractivity contribution is 0.380. The lowest BCUT2D eigenvalue weighted by Gasteiger charge is -2.36. The maximum absolute atomic E-state index is 6.23. The minimum Gasteiger partial charge on any atom is -0.376 e. The van der Waals surface area contributed by atoms with Crippen LogP contribution in [-0.2, 0) is 6.54 Å². The van der Waals surface area contributed by atoms with Gasteiger partial charge in [-0.2, -0.15) is 0 Å². The van der Waals surface area contributed by atoms with Gasteiger partial charge in [0.1, 0.15) is 0 Å². The van der Waals surface area contributed by atoms with Crippen LogP contribution in [0.3, 0.4) is 0 Å². The molecule has 2 N–H and O–H groups in total. The molecular formula is C19H26ClIN6. The van der Waals surface area contributed by atoms with Crippen molar-refractivity contribution in [2.45, 2.75) is 6.54 Å². The van der Waals surface area contributed by atoms with Crippen LogP contribution < -0.4 is 15.5 Å². The maximum Gasteiger partial charge on any atom is 0.191 e. The number of hydrogen-bond donors (Lipinski definition) is 1. The summed E-state index contributed by atoms with van der Waals surface area (Å²) < 4.78 is 0. The van der Waals surface area contributed by atoms with Gasteiger partial charge in [0.2, 0.25) is 0 Å². The summed E-state index contributed by atoms with van der Waals surface area (Å²) >= 11 is 5.96. The Morgan fingerprint density at radius 2 is 1.81 bits per heavy atom. The Kier molecular flexibility index (Phi) is 7.97. The molecule has 27 heavy (non-hydrogen) atoms. The Morgan fingerprint density at radius 3 is 2.44 bits per heavy atom. The van der Waals surface area contributed by atoms with Crippen molar-refractivity contribution in [2.75, 3.05) is 50.1 Å². The van der Waals surface area contributed by atoms with Gasteiger partial charge < -0.3 is 20.4 Å². The van der Waals surface area contributed by atoms with E-state index in [0.29, 0.717) is 12.5 Å². The first-order valence-electron chi connectivity index (χ1n) is 8.71. The quantitative estimate of drug-likeness (QED) is 0.397. The molecule has 0 spiro atoms. The van der Waals surface area contributed by atoms with Crippen molar-refractivity contribution in [3.05, 3.63) is 53.3 Å². The van der Waals surface area contributed by atoms with E-state index >= 15 is 0 Å². The van der Waals surface area contributed by atoms with Gasteiger partial charge in [0.25, 0.3) is 0 Å². The summed E-state index contributed by atoms with van der Waals surface area (Å²) in [5.74, 6) is 0.580. The number of nitrogens with two attached hydrogens (primary N) is 1. The minimum atomic E-state index is 0. The van der Waals surface area contributed by atoms with Gasteiger partial charge in [-0.3, -0.25) is 4.98 Å². The van der Waals surface area contributed by atoms with Crippen molar-refractivity contribution in [3.8, 4) is 0 Å². The smallest absolute Gasteiger partial charge is 0.191 e. The molecule has 8 heteroatoms. The molecule has 0 radical (unpaired) electrons. The molecule has 2 aromatic rings. The van der Waals surface area contributed by atoms with E-state index in [0.717, 1.165) is 42.6 Å². The molecule has 1 saturated heterocycles. The first-order chi connectivity index (χ1) is 12.5. The van der Waals surface area contributed by atoms with Gasteiger partial charge in [-0.1, -0.05) is 11.6 Å². The van der Waals surface area contributed by atoms with Crippen molar-refractivity contribution in [1.82, 2.24) is 9.88 Å². The number of benzene rings is 1. The average molecular weight is 501 g/mol. The highest BCUT2D eigenvalue weighted by molar-refractivity contribution is 14.0. The van der Waals surface area contributed by atoms with Gasteiger partial charge >= 0.3 is 0 Å². The number of anilines is 2. The van der Waals surface area contributed by atoms with E-state index in [9.17, 15) is 0 Å². The van der Waals surface area contributed by atoms with Crippen LogP contribution in [0.2, 0.25) is 5.02 Å². The van der Waals surface area contributed by atoms with Gasteiger partial charge in [-0.25, -0.2) is 4.99 Å². The fraction of sp³-hybridized carbons (Fsp3) is 0.368. The van der Waals surface area contributed by atoms with Gasteiger partial charge in [0.15, 0.2) is 5.96 Å². The van der Waals surface area contributed by atoms with Crippen molar-refractivity contribution < 1.29 is 0 Å². The molecule has 3 rings (SSSR count). The molecule has 0 saturated carbocycles. The topological polar surface area (TPSA) is 61.0 Å². The second-order valence-electron chi connectivity index (χ2n) is 6.49. The number of halogens is 2. The number of pyridine rings is 1. The normalized spacial score (nSPS) is 14.7. The number of hydrogen-bond acceptors (Lipinski definition) is 4. The van der Waals surface area contributed by atoms with Crippen molar-refractivity contribution in [2.24, 2.45) is 10.7 Å². The number of aliphatic imine (C=N–C) groups is 1. The third-order valence-corrected chi connectivity index (χ3v) is 4.79. The lowest BCUT2D eigenvalue weighted by atomic mass is 10.2. The van der Waals surface area contributed by atoms with Crippen LogP contribution in [0, 0.1) is 0 Å². The monoisotopic (exact) mass is 500 g/mol. The number of rotatable bonds is 4. The standard InChI is InChI=1S/C19H25ClN6.HI/c1-24(2)18-4-3-9-22-17(18)14-23-19(21)26-12-10-25(11-13-26)16-7-5-15(20)6-8-16;/h3-9H,10-14H2,1-2H3,(H2,21,23);1H. The van der Waals surface area contributed by atoms with Crippen LogP contribution in [0.4, 0.5) is 11.4 Å². The van der Waals surface area contributed by atoms with Crippen molar-refractivity contribution in [3.63, 3.8) is 0 Å². The average Bonchev–Trinajstić information content (AvgIpc) is 2.67. The largest absolute Gasteiger partial charge is 0.376 e. The summed E-state index contributed by atoms with van der Waals surface area (Å²) in [7, 11) is 4.01. The molecule has 1 aromatic carbocycles. The predicted octanol–water partition coefficient (Wildman–Crippen LogP) is 3.06. The Balaban J connectivity index is 0.00000261. The fourth-order valence-corrected chi connectivity index (χ4v) is 3.19. The molecular weight excluding hydrogens is 475 g/mol. The van der Waals surface area contributed by atoms with E-state index in [-0.39, 0.29) is 24.0 Å². The van der Waals surface area contributed by atoms with Crippen molar-refractivity contribution in [1.29, 1.82) is 0 Å². The Bertz CT molecular complexity index is 757. The molecule has 2 heterocycles. The van der Waals surface area contributed by atoms with Crippen LogP contribution in [0.1, 0.15) is 5.69 Å². The van der Waals surface area contributed by atoms with Crippen LogP contribution in [-0.4, -0.2) is 56.1 Å². The molecule has 1 aliphatic rings. The summed E-state index contributed by atoms with van der Waals surface area (Å²) in [5.41, 5.74) is 9.41. The zero-order valence-electron chi connectivity index (χ0n) is 15.7. The van der Waals surface area contributed by atoms with Crippen LogP contribution in [0.5, 0.6) is 0 Å². The molecule has 0 amide bonds. The highest BCUT2D eigenvalue weighted by atomic mass is 127. The van der Waals surface area contributed by atoms with E-state index in [2.05, 4.69) is 31.9 Å². The zero-order valence-corrected chi connectivity index (χ0v) is 18.8. The highest BCUT2D eigenvalue weighted by Crippen LogP contribution is 2.20. The molecule has 0 atom stereocenters. The van der Waals surface area contributed by atoms with Crippen LogP contribution in [0.15, 0.2) is 47.6 Å². The van der Waals surface area contributed by atoms with Gasteiger partial charge in [-0.15, -0.1) is 24.0 Å². The zero-order chi connectivity index (χ0) is 18.5. The number of guanidine groups is 1. The molecule has 1 aliphatic heterocycles. The summed E-state index contributed by atoms with van der Waals surface area (Å²) in [5, 5.41) is 0.760. The molecule has 6 nitrogen and oxygen atoms in total. The summed E-state index contributed by atoms with van der Waals surface area (Å²) in [4.78, 5) is 15.5. The van der Waals surface area contributed by atoms with Crippen molar-refractivity contribution >= 4 is 52.9 Å². The minimum absolute atomic E-state index is 0. The summed E-state index contributed by atoms with van der Waals surface area (Å²) in [6.07, 6.45) is 1.79. The van der Waals surface area contributed by atoms with E-state index in [1.54, 1.807) is 6.20 Å². The van der Waals surface area contributed by atoms with E-state index < -0.39 is 0 Å². The summed E-state index contributed by atoms with van der Waals surface area (Å²) in [6, 6.07) is 11.9. The molecule has 1 aromatic heterocycles. The SMILES string of the molecule is CN(C)c1cccnc1CN=C(N)N1CCN(c2ccc(Cl)cc2)CC1.I. The number of nitrogens with zero attached hydrogens (tertiary/aromatic N) is 5. The second-order valence-corrected chi connectivity index (χ2v) is 6.93. The second kappa shape index (κ2) is 9.98. The number of aromatic nitrogens is 1. The van der Waals surface area contributed by atoms with E-state index in [4.69, 9.17) is 17.3 Å². The molecule has 1 fully saturated rings.